The molecular formula is C11H15ClFNO. The molecule has 0 atom stereocenters. The Hall–Kier alpha value is -0.800. The molecule has 0 aliphatic rings. The average Bonchev–Trinajstić information content (AvgIpc) is 2.23. The Labute approximate surface area is 94.4 Å². The number of rotatable bonds is 6. The molecular weight excluding hydrogens is 217 g/mol. The van der Waals surface area contributed by atoms with Crippen molar-refractivity contribution in [1.82, 2.24) is 5.32 Å². The molecule has 0 fully saturated rings. The van der Waals surface area contributed by atoms with Crippen LogP contribution in [0.4, 0.5) is 4.39 Å². The lowest BCUT2D eigenvalue weighted by Crippen LogP contribution is -2.09. The van der Waals surface area contributed by atoms with E-state index in [1.165, 1.54) is 12.1 Å². The first-order valence-corrected chi connectivity index (χ1v) is 5.34. The fourth-order valence-electron chi connectivity index (χ4n) is 1.16. The topological polar surface area (TPSA) is 21.3 Å². The van der Waals surface area contributed by atoms with Crippen LogP contribution in [-0.2, 0) is 0 Å². The van der Waals surface area contributed by atoms with Gasteiger partial charge in [-0.2, -0.15) is 0 Å². The van der Waals surface area contributed by atoms with Gasteiger partial charge in [-0.05, 0) is 38.6 Å². The summed E-state index contributed by atoms with van der Waals surface area (Å²) in [7, 11) is 1.92. The zero-order chi connectivity index (χ0) is 11.1. The van der Waals surface area contributed by atoms with Crippen molar-refractivity contribution in [2.75, 3.05) is 20.2 Å². The summed E-state index contributed by atoms with van der Waals surface area (Å²) in [6.07, 6.45) is 2.03. The van der Waals surface area contributed by atoms with Crippen molar-refractivity contribution in [1.29, 1.82) is 0 Å². The summed E-state index contributed by atoms with van der Waals surface area (Å²) >= 11 is 5.61. The molecule has 0 saturated carbocycles. The van der Waals surface area contributed by atoms with Crippen LogP contribution < -0.4 is 10.1 Å². The van der Waals surface area contributed by atoms with Crippen molar-refractivity contribution in [2.24, 2.45) is 0 Å². The first-order chi connectivity index (χ1) is 7.24. The molecule has 4 heteroatoms. The van der Waals surface area contributed by atoms with Crippen molar-refractivity contribution in [3.63, 3.8) is 0 Å². The number of hydrogen-bond acceptors (Lipinski definition) is 2. The number of hydrogen-bond donors (Lipinski definition) is 1. The molecule has 1 aromatic carbocycles. The van der Waals surface area contributed by atoms with Gasteiger partial charge in [-0.3, -0.25) is 0 Å². The molecule has 0 unspecified atom stereocenters. The van der Waals surface area contributed by atoms with E-state index in [0.717, 1.165) is 19.4 Å². The number of ether oxygens (including phenoxy) is 1. The molecule has 15 heavy (non-hydrogen) atoms. The molecule has 0 aliphatic heterocycles. The number of unbranched alkanes of at least 4 members (excludes halogenated alkanes) is 1. The van der Waals surface area contributed by atoms with Gasteiger partial charge in [0.05, 0.1) is 11.6 Å². The van der Waals surface area contributed by atoms with Crippen molar-refractivity contribution >= 4 is 11.6 Å². The highest BCUT2D eigenvalue weighted by molar-refractivity contribution is 6.30. The standard InChI is InChI=1S/C11H15ClFNO/c1-14-6-2-3-7-15-9-4-5-11(13)10(12)8-9/h4-5,8,14H,2-3,6-7H2,1H3. The largest absolute Gasteiger partial charge is 0.494 e. The predicted octanol–water partition coefficient (Wildman–Crippen LogP) is 2.86. The summed E-state index contributed by atoms with van der Waals surface area (Å²) in [5, 5.41) is 3.16. The minimum Gasteiger partial charge on any atom is -0.494 e. The van der Waals surface area contributed by atoms with Crippen LogP contribution in [0.15, 0.2) is 18.2 Å². The van der Waals surface area contributed by atoms with Gasteiger partial charge in [0.15, 0.2) is 0 Å². The summed E-state index contributed by atoms with van der Waals surface area (Å²) in [6, 6.07) is 4.39. The molecule has 2 nitrogen and oxygen atoms in total. The van der Waals surface area contributed by atoms with E-state index in [2.05, 4.69) is 5.32 Å². The molecule has 0 amide bonds. The normalized spacial score (nSPS) is 10.3. The Bertz CT molecular complexity index is 307. The quantitative estimate of drug-likeness (QED) is 0.761. The number of halogens is 2. The third-order valence-corrected chi connectivity index (χ3v) is 2.27. The van der Waals surface area contributed by atoms with E-state index < -0.39 is 5.82 Å². The maximum absolute atomic E-state index is 12.8. The summed E-state index contributed by atoms with van der Waals surface area (Å²) in [5.74, 6) is 0.199. The van der Waals surface area contributed by atoms with Crippen molar-refractivity contribution in [2.45, 2.75) is 12.8 Å². The van der Waals surface area contributed by atoms with E-state index in [-0.39, 0.29) is 5.02 Å². The lowest BCUT2D eigenvalue weighted by molar-refractivity contribution is 0.306. The van der Waals surface area contributed by atoms with E-state index in [1.807, 2.05) is 7.05 Å². The first-order valence-electron chi connectivity index (χ1n) is 4.96. The zero-order valence-electron chi connectivity index (χ0n) is 8.72. The predicted molar refractivity (Wildman–Crippen MR) is 60.1 cm³/mol. The van der Waals surface area contributed by atoms with Crippen LogP contribution in [0.3, 0.4) is 0 Å². The highest BCUT2D eigenvalue weighted by Gasteiger charge is 2.00. The molecule has 1 rings (SSSR count). The van der Waals surface area contributed by atoms with Gasteiger partial charge in [0.25, 0.3) is 0 Å². The minimum atomic E-state index is -0.417. The van der Waals surface area contributed by atoms with Gasteiger partial charge >= 0.3 is 0 Å². The summed E-state index contributed by atoms with van der Waals surface area (Å²) in [6.45, 7) is 1.61. The van der Waals surface area contributed by atoms with Crippen molar-refractivity contribution < 1.29 is 9.13 Å². The zero-order valence-corrected chi connectivity index (χ0v) is 9.48. The summed E-state index contributed by atoms with van der Waals surface area (Å²) < 4.78 is 18.2. The Kier molecular flexibility index (Phi) is 5.43. The molecule has 0 radical (unpaired) electrons. The van der Waals surface area contributed by atoms with Gasteiger partial charge < -0.3 is 10.1 Å². The van der Waals surface area contributed by atoms with Crippen molar-refractivity contribution in [3.8, 4) is 5.75 Å². The lowest BCUT2D eigenvalue weighted by Gasteiger charge is -2.06. The fraction of sp³-hybridized carbons (Fsp3) is 0.455. The van der Waals surface area contributed by atoms with E-state index in [9.17, 15) is 4.39 Å². The molecule has 0 saturated heterocycles. The third-order valence-electron chi connectivity index (χ3n) is 1.98. The second-order valence-electron chi connectivity index (χ2n) is 3.24. The second kappa shape index (κ2) is 6.64. The van der Waals surface area contributed by atoms with Crippen LogP contribution in [0.5, 0.6) is 5.75 Å². The van der Waals surface area contributed by atoms with Gasteiger partial charge in [0.1, 0.15) is 11.6 Å². The van der Waals surface area contributed by atoms with Crippen LogP contribution in [0.1, 0.15) is 12.8 Å². The fourth-order valence-corrected chi connectivity index (χ4v) is 1.33. The smallest absolute Gasteiger partial charge is 0.142 e. The van der Waals surface area contributed by atoms with Gasteiger partial charge in [0, 0.05) is 6.07 Å². The second-order valence-corrected chi connectivity index (χ2v) is 3.64. The molecule has 0 aromatic heterocycles. The van der Waals surface area contributed by atoms with E-state index in [4.69, 9.17) is 16.3 Å². The van der Waals surface area contributed by atoms with E-state index >= 15 is 0 Å². The Morgan fingerprint density at radius 2 is 2.20 bits per heavy atom. The SMILES string of the molecule is CNCCCCOc1ccc(F)c(Cl)c1. The van der Waals surface area contributed by atoms with Crippen LogP contribution in [0.25, 0.3) is 0 Å². The highest BCUT2D eigenvalue weighted by atomic mass is 35.5. The molecule has 84 valence electrons. The minimum absolute atomic E-state index is 0.0997. The Balaban J connectivity index is 2.28. The molecule has 0 spiro atoms. The summed E-state index contributed by atoms with van der Waals surface area (Å²) in [4.78, 5) is 0. The van der Waals surface area contributed by atoms with Crippen LogP contribution in [-0.4, -0.2) is 20.2 Å². The molecule has 0 bridgehead atoms. The Morgan fingerprint density at radius 1 is 1.40 bits per heavy atom. The van der Waals surface area contributed by atoms with Gasteiger partial charge in [-0.15, -0.1) is 0 Å². The molecule has 0 aliphatic carbocycles. The number of benzene rings is 1. The van der Waals surface area contributed by atoms with E-state index in [0.29, 0.717) is 12.4 Å². The van der Waals surface area contributed by atoms with Gasteiger partial charge in [0.2, 0.25) is 0 Å². The van der Waals surface area contributed by atoms with Crippen LogP contribution >= 0.6 is 11.6 Å². The highest BCUT2D eigenvalue weighted by Crippen LogP contribution is 2.21. The van der Waals surface area contributed by atoms with Crippen LogP contribution in [0.2, 0.25) is 5.02 Å². The monoisotopic (exact) mass is 231 g/mol. The molecule has 1 aromatic rings. The molecule has 0 heterocycles. The van der Waals surface area contributed by atoms with Crippen molar-refractivity contribution in [3.05, 3.63) is 29.0 Å². The summed E-state index contributed by atoms with van der Waals surface area (Å²) in [5.41, 5.74) is 0. The number of nitrogens with one attached hydrogen (secondary N) is 1. The Morgan fingerprint density at radius 3 is 2.87 bits per heavy atom. The third kappa shape index (κ3) is 4.49. The van der Waals surface area contributed by atoms with Gasteiger partial charge in [-0.25, -0.2) is 4.39 Å². The average molecular weight is 232 g/mol. The van der Waals surface area contributed by atoms with Gasteiger partial charge in [-0.1, -0.05) is 11.6 Å². The first kappa shape index (κ1) is 12.3. The van der Waals surface area contributed by atoms with E-state index in [1.54, 1.807) is 6.07 Å². The maximum Gasteiger partial charge on any atom is 0.142 e. The lowest BCUT2D eigenvalue weighted by atomic mass is 10.3. The maximum atomic E-state index is 12.8. The van der Waals surface area contributed by atoms with Crippen LogP contribution in [0, 0.1) is 5.82 Å². The molecule has 1 N–H and O–H groups in total.